The predicted molar refractivity (Wildman–Crippen MR) is 104 cm³/mol. The quantitative estimate of drug-likeness (QED) is 0.823. The van der Waals surface area contributed by atoms with Crippen molar-refractivity contribution in [3.05, 3.63) is 17.3 Å². The molecule has 1 aliphatic rings. The zero-order valence-corrected chi connectivity index (χ0v) is 16.9. The Morgan fingerprint density at radius 2 is 2.11 bits per heavy atom. The highest BCUT2D eigenvalue weighted by molar-refractivity contribution is 5.77. The third-order valence-corrected chi connectivity index (χ3v) is 5.01. The van der Waals surface area contributed by atoms with Gasteiger partial charge in [-0.25, -0.2) is 4.98 Å². The van der Waals surface area contributed by atoms with Gasteiger partial charge in [-0.2, -0.15) is 5.26 Å². The Bertz CT molecular complexity index is 712. The third-order valence-electron chi connectivity index (χ3n) is 5.01. The van der Waals surface area contributed by atoms with Crippen LogP contribution in [0.1, 0.15) is 51.3 Å². The molecular weight excluding hydrogens is 344 g/mol. The molecule has 2 rings (SSSR count). The van der Waals surface area contributed by atoms with Gasteiger partial charge in [-0.3, -0.25) is 4.79 Å². The zero-order chi connectivity index (χ0) is 20.1. The van der Waals surface area contributed by atoms with Crippen LogP contribution in [-0.2, 0) is 9.53 Å². The second-order valence-electron chi connectivity index (χ2n) is 7.62. The summed E-state index contributed by atoms with van der Waals surface area (Å²) in [4.78, 5) is 21.2. The fraction of sp³-hybridized carbons (Fsp3) is 0.650. The second-order valence-corrected chi connectivity index (χ2v) is 7.62. The lowest BCUT2D eigenvalue weighted by Gasteiger charge is -2.44. The first kappa shape index (κ1) is 21.0. The number of hydrogen-bond donors (Lipinski definition) is 1. The number of nitrogens with zero attached hydrogens (tertiary/aromatic N) is 4. The molecule has 1 amide bonds. The van der Waals surface area contributed by atoms with Crippen LogP contribution >= 0.6 is 0 Å². The van der Waals surface area contributed by atoms with Crippen molar-refractivity contribution in [3.63, 3.8) is 0 Å². The van der Waals surface area contributed by atoms with Gasteiger partial charge in [0.05, 0.1) is 30.3 Å². The summed E-state index contributed by atoms with van der Waals surface area (Å²) in [6, 6.07) is 3.68. The fourth-order valence-corrected chi connectivity index (χ4v) is 3.47. The zero-order valence-electron chi connectivity index (χ0n) is 16.9. The highest BCUT2D eigenvalue weighted by atomic mass is 16.5. The van der Waals surface area contributed by atoms with Gasteiger partial charge in [0, 0.05) is 32.8 Å². The van der Waals surface area contributed by atoms with Crippen LogP contribution in [0.2, 0.25) is 0 Å². The number of methoxy groups -OCH3 is 1. The second kappa shape index (κ2) is 9.05. The summed E-state index contributed by atoms with van der Waals surface area (Å²) in [6.07, 6.45) is 0.373. The number of ether oxygens (including phenoxy) is 1. The average molecular weight is 374 g/mol. The smallest absolute Gasteiger partial charge is 0.225 e. The monoisotopic (exact) mass is 374 g/mol. The number of aromatic hydroxyl groups is 1. The van der Waals surface area contributed by atoms with E-state index in [9.17, 15) is 15.2 Å². The van der Waals surface area contributed by atoms with E-state index in [-0.39, 0.29) is 29.5 Å². The highest BCUT2D eigenvalue weighted by Gasteiger charge is 2.33. The number of amides is 1. The molecule has 0 saturated carbocycles. The summed E-state index contributed by atoms with van der Waals surface area (Å²) >= 11 is 0. The maximum Gasteiger partial charge on any atom is 0.225 e. The van der Waals surface area contributed by atoms with Crippen LogP contribution in [0.3, 0.4) is 0 Å². The normalized spacial score (nSPS) is 17.5. The molecule has 7 heteroatoms. The van der Waals surface area contributed by atoms with Gasteiger partial charge >= 0.3 is 0 Å². The van der Waals surface area contributed by atoms with Gasteiger partial charge in [0.1, 0.15) is 17.6 Å². The molecule has 0 aliphatic carbocycles. The van der Waals surface area contributed by atoms with Crippen LogP contribution in [0.15, 0.2) is 6.07 Å². The Balaban J connectivity index is 2.30. The number of carbonyl (C=O) groups is 1. The van der Waals surface area contributed by atoms with Crippen LogP contribution < -0.4 is 4.90 Å². The van der Waals surface area contributed by atoms with Gasteiger partial charge in [0.2, 0.25) is 5.91 Å². The minimum absolute atomic E-state index is 0.0350. The van der Waals surface area contributed by atoms with Crippen molar-refractivity contribution in [1.29, 1.82) is 5.26 Å². The molecule has 1 atom stereocenters. The number of pyridine rings is 1. The predicted octanol–water partition coefficient (Wildman–Crippen LogP) is 2.49. The Labute approximate surface area is 161 Å². The topological polar surface area (TPSA) is 89.7 Å². The Morgan fingerprint density at radius 3 is 2.67 bits per heavy atom. The summed E-state index contributed by atoms with van der Waals surface area (Å²) in [5.41, 5.74) is 0.947. The van der Waals surface area contributed by atoms with Crippen LogP contribution in [0, 0.1) is 17.2 Å². The number of aromatic nitrogens is 1. The number of nitriles is 1. The lowest BCUT2D eigenvalue weighted by atomic mass is 9.98. The van der Waals surface area contributed by atoms with Gasteiger partial charge in [-0.05, 0) is 11.8 Å². The van der Waals surface area contributed by atoms with Crippen LogP contribution in [0.25, 0.3) is 0 Å². The first-order valence-electron chi connectivity index (χ1n) is 9.47. The van der Waals surface area contributed by atoms with Gasteiger partial charge < -0.3 is 19.6 Å². The molecular formula is C20H30N4O3. The van der Waals surface area contributed by atoms with Gasteiger partial charge in [0.15, 0.2) is 0 Å². The van der Waals surface area contributed by atoms with E-state index in [1.165, 1.54) is 6.07 Å². The van der Waals surface area contributed by atoms with Crippen molar-refractivity contribution < 1.29 is 14.6 Å². The Hall–Kier alpha value is -2.33. The Morgan fingerprint density at radius 1 is 1.41 bits per heavy atom. The molecule has 1 saturated heterocycles. The molecule has 1 aromatic heterocycles. The molecule has 1 fully saturated rings. The molecule has 2 heterocycles. The number of rotatable bonds is 6. The summed E-state index contributed by atoms with van der Waals surface area (Å²) in [5, 5.41) is 19.7. The van der Waals surface area contributed by atoms with E-state index < -0.39 is 0 Å². The number of carbonyl (C=O) groups excluding carboxylic acids is 1. The van der Waals surface area contributed by atoms with Crippen molar-refractivity contribution in [2.45, 2.75) is 46.1 Å². The van der Waals surface area contributed by atoms with Crippen molar-refractivity contribution in [1.82, 2.24) is 9.88 Å². The minimum atomic E-state index is 0.0350. The number of anilines is 1. The molecule has 0 radical (unpaired) electrons. The van der Waals surface area contributed by atoms with Gasteiger partial charge in [-0.15, -0.1) is 0 Å². The summed E-state index contributed by atoms with van der Waals surface area (Å²) in [5.74, 6) is 1.06. The van der Waals surface area contributed by atoms with E-state index in [4.69, 9.17) is 4.74 Å². The summed E-state index contributed by atoms with van der Waals surface area (Å²) in [6.45, 7) is 10.3. The molecule has 0 aromatic carbocycles. The molecule has 7 nitrogen and oxygen atoms in total. The Kier molecular flexibility index (Phi) is 7.03. The minimum Gasteiger partial charge on any atom is -0.506 e. The maximum atomic E-state index is 12.6. The van der Waals surface area contributed by atoms with E-state index >= 15 is 0 Å². The maximum absolute atomic E-state index is 12.6. The van der Waals surface area contributed by atoms with Crippen LogP contribution in [0.5, 0.6) is 5.75 Å². The van der Waals surface area contributed by atoms with E-state index in [1.807, 2.05) is 18.7 Å². The average Bonchev–Trinajstić information content (AvgIpc) is 2.64. The van der Waals surface area contributed by atoms with E-state index in [1.54, 1.807) is 7.11 Å². The largest absolute Gasteiger partial charge is 0.506 e. The van der Waals surface area contributed by atoms with E-state index in [0.29, 0.717) is 49.7 Å². The molecule has 1 N–H and O–H groups in total. The third kappa shape index (κ3) is 4.69. The highest BCUT2D eigenvalue weighted by Crippen LogP contribution is 2.31. The van der Waals surface area contributed by atoms with Crippen molar-refractivity contribution >= 4 is 11.7 Å². The standard InChI is InChI=1S/C20H30N4O3/c1-13(2)16-12-23(7-8-24(16)18(26)6-9-27-5)20-15(11-21)10-17(25)19(22-20)14(3)4/h10,13-14,16,25H,6-9,12H2,1-5H3. The molecule has 1 aliphatic heterocycles. The van der Waals surface area contributed by atoms with Crippen molar-refractivity contribution in [3.8, 4) is 11.8 Å². The summed E-state index contributed by atoms with van der Waals surface area (Å²) < 4.78 is 5.04. The molecule has 1 unspecified atom stereocenters. The van der Waals surface area contributed by atoms with E-state index in [2.05, 4.69) is 29.8 Å². The fourth-order valence-electron chi connectivity index (χ4n) is 3.47. The van der Waals surface area contributed by atoms with E-state index in [0.717, 1.165) is 0 Å². The molecule has 27 heavy (non-hydrogen) atoms. The molecule has 0 spiro atoms. The molecule has 1 aromatic rings. The number of piperazine rings is 1. The molecule has 148 valence electrons. The lowest BCUT2D eigenvalue weighted by Crippen LogP contribution is -2.57. The first-order valence-corrected chi connectivity index (χ1v) is 9.47. The molecule has 0 bridgehead atoms. The van der Waals surface area contributed by atoms with Crippen LogP contribution in [-0.4, -0.2) is 60.3 Å². The lowest BCUT2D eigenvalue weighted by molar-refractivity contribution is -0.135. The van der Waals surface area contributed by atoms with Crippen LogP contribution in [0.4, 0.5) is 5.82 Å². The first-order chi connectivity index (χ1) is 12.8. The van der Waals surface area contributed by atoms with Crippen molar-refractivity contribution in [2.24, 2.45) is 5.92 Å². The van der Waals surface area contributed by atoms with Gasteiger partial charge in [0.25, 0.3) is 0 Å². The number of hydrogen-bond acceptors (Lipinski definition) is 6. The summed E-state index contributed by atoms with van der Waals surface area (Å²) in [7, 11) is 1.59. The van der Waals surface area contributed by atoms with Gasteiger partial charge in [-0.1, -0.05) is 27.7 Å². The van der Waals surface area contributed by atoms with Crippen molar-refractivity contribution in [2.75, 3.05) is 38.3 Å². The SMILES string of the molecule is COCCC(=O)N1CCN(c2nc(C(C)C)c(O)cc2C#N)CC1C(C)C.